The minimum atomic E-state index is -0.315. The largest absolute Gasteiger partial charge is 0.494 e. The summed E-state index contributed by atoms with van der Waals surface area (Å²) in [5.74, 6) is 0.559. The number of rotatable bonds is 5. The second-order valence-corrected chi connectivity index (χ2v) is 4.64. The highest BCUT2D eigenvalue weighted by Crippen LogP contribution is 2.21. The first kappa shape index (κ1) is 13.3. The van der Waals surface area contributed by atoms with Gasteiger partial charge in [0.2, 0.25) is 0 Å². The number of piperidine rings is 1. The Labute approximate surface area is 107 Å². The smallest absolute Gasteiger partial charge is 0.170 e. The monoisotopic (exact) mass is 253 g/mol. The van der Waals surface area contributed by atoms with E-state index < -0.39 is 0 Å². The highest BCUT2D eigenvalue weighted by atomic mass is 19.1. The van der Waals surface area contributed by atoms with Crippen LogP contribution in [0.4, 0.5) is 4.39 Å². The van der Waals surface area contributed by atoms with E-state index in [-0.39, 0.29) is 11.6 Å². The van der Waals surface area contributed by atoms with Gasteiger partial charge in [-0.3, -0.25) is 0 Å². The van der Waals surface area contributed by atoms with Crippen LogP contribution >= 0.6 is 0 Å². The molecule has 4 heteroatoms. The van der Waals surface area contributed by atoms with Crippen molar-refractivity contribution in [2.24, 2.45) is 5.92 Å². The maximum Gasteiger partial charge on any atom is 0.170 e. The molecule has 0 radical (unpaired) electrons. The van der Waals surface area contributed by atoms with Crippen LogP contribution in [0.25, 0.3) is 0 Å². The van der Waals surface area contributed by atoms with Gasteiger partial charge in [0.05, 0.1) is 13.7 Å². The summed E-state index contributed by atoms with van der Waals surface area (Å²) in [7, 11) is 1.47. The molecule has 0 aromatic heterocycles. The van der Waals surface area contributed by atoms with Crippen LogP contribution in [0, 0.1) is 11.7 Å². The normalized spacial score (nSPS) is 16.8. The first-order valence-corrected chi connectivity index (χ1v) is 6.41. The summed E-state index contributed by atoms with van der Waals surface area (Å²) < 4.78 is 24.4. The van der Waals surface area contributed by atoms with E-state index in [0.29, 0.717) is 24.7 Å². The number of nitrogens with one attached hydrogen (secondary N) is 1. The molecule has 0 unspecified atom stereocenters. The molecule has 1 aromatic rings. The Bertz CT molecular complexity index is 378. The first-order chi connectivity index (χ1) is 8.81. The van der Waals surface area contributed by atoms with Gasteiger partial charge < -0.3 is 14.8 Å². The zero-order valence-electron chi connectivity index (χ0n) is 10.7. The van der Waals surface area contributed by atoms with Crippen molar-refractivity contribution >= 4 is 0 Å². The zero-order chi connectivity index (χ0) is 12.8. The maximum absolute atomic E-state index is 13.8. The summed E-state index contributed by atoms with van der Waals surface area (Å²) in [6, 6.07) is 5.14. The third kappa shape index (κ3) is 3.43. The summed E-state index contributed by atoms with van der Waals surface area (Å²) in [5.41, 5.74) is 0.559. The van der Waals surface area contributed by atoms with Crippen LogP contribution in [0.5, 0.6) is 5.75 Å². The SMILES string of the molecule is COc1cccc(COCC2CCNCC2)c1F. The lowest BCUT2D eigenvalue weighted by Crippen LogP contribution is -2.29. The maximum atomic E-state index is 13.8. The Kier molecular flexibility index (Phi) is 4.96. The Hall–Kier alpha value is -1.13. The molecular formula is C14H20FNO2. The van der Waals surface area contributed by atoms with Gasteiger partial charge in [-0.1, -0.05) is 12.1 Å². The quantitative estimate of drug-likeness (QED) is 0.873. The van der Waals surface area contributed by atoms with Gasteiger partial charge in [-0.05, 0) is 37.9 Å². The van der Waals surface area contributed by atoms with Crippen molar-refractivity contribution in [3.05, 3.63) is 29.6 Å². The molecule has 1 heterocycles. The third-order valence-electron chi connectivity index (χ3n) is 3.33. The second kappa shape index (κ2) is 6.71. The fourth-order valence-electron chi connectivity index (χ4n) is 2.21. The Morgan fingerprint density at radius 3 is 2.83 bits per heavy atom. The molecule has 1 aliphatic heterocycles. The van der Waals surface area contributed by atoms with Crippen LogP contribution in [-0.4, -0.2) is 26.8 Å². The average molecular weight is 253 g/mol. The van der Waals surface area contributed by atoms with Crippen molar-refractivity contribution in [3.63, 3.8) is 0 Å². The molecule has 1 saturated heterocycles. The van der Waals surface area contributed by atoms with Crippen LogP contribution < -0.4 is 10.1 Å². The highest BCUT2D eigenvalue weighted by molar-refractivity contribution is 5.30. The van der Waals surface area contributed by atoms with Crippen LogP contribution in [0.2, 0.25) is 0 Å². The van der Waals surface area contributed by atoms with Crippen LogP contribution in [0.15, 0.2) is 18.2 Å². The molecule has 1 aliphatic rings. The van der Waals surface area contributed by atoms with E-state index >= 15 is 0 Å². The van der Waals surface area contributed by atoms with Gasteiger partial charge in [-0.2, -0.15) is 0 Å². The summed E-state index contributed by atoms with van der Waals surface area (Å²) in [5, 5.41) is 3.31. The van der Waals surface area contributed by atoms with Crippen molar-refractivity contribution in [1.29, 1.82) is 0 Å². The molecule has 1 fully saturated rings. The minimum Gasteiger partial charge on any atom is -0.494 e. The lowest BCUT2D eigenvalue weighted by atomic mass is 9.99. The average Bonchev–Trinajstić information content (AvgIpc) is 2.42. The van der Waals surface area contributed by atoms with Gasteiger partial charge in [0, 0.05) is 12.2 Å². The molecule has 2 rings (SSSR count). The Balaban J connectivity index is 1.82. The first-order valence-electron chi connectivity index (χ1n) is 6.41. The van der Waals surface area contributed by atoms with Gasteiger partial charge in [-0.25, -0.2) is 4.39 Å². The number of hydrogen-bond donors (Lipinski definition) is 1. The molecule has 3 nitrogen and oxygen atoms in total. The van der Waals surface area contributed by atoms with E-state index in [9.17, 15) is 4.39 Å². The molecule has 0 bridgehead atoms. The van der Waals surface area contributed by atoms with E-state index in [2.05, 4.69) is 5.32 Å². The molecule has 0 spiro atoms. The lowest BCUT2D eigenvalue weighted by molar-refractivity contribution is 0.0744. The number of benzene rings is 1. The van der Waals surface area contributed by atoms with Crippen LogP contribution in [0.3, 0.4) is 0 Å². The standard InChI is InChI=1S/C14H20FNO2/c1-17-13-4-2-3-12(14(13)15)10-18-9-11-5-7-16-8-6-11/h2-4,11,16H,5-10H2,1H3. The zero-order valence-corrected chi connectivity index (χ0v) is 10.7. The van der Waals surface area contributed by atoms with Gasteiger partial charge in [-0.15, -0.1) is 0 Å². The number of ether oxygens (including phenoxy) is 2. The third-order valence-corrected chi connectivity index (χ3v) is 3.33. The van der Waals surface area contributed by atoms with Gasteiger partial charge in [0.25, 0.3) is 0 Å². The van der Waals surface area contributed by atoms with E-state index in [1.165, 1.54) is 7.11 Å². The van der Waals surface area contributed by atoms with Gasteiger partial charge in [0.15, 0.2) is 11.6 Å². The van der Waals surface area contributed by atoms with E-state index in [1.807, 2.05) is 0 Å². The molecule has 18 heavy (non-hydrogen) atoms. The van der Waals surface area contributed by atoms with Crippen molar-refractivity contribution in [2.45, 2.75) is 19.4 Å². The molecule has 1 N–H and O–H groups in total. The molecule has 100 valence electrons. The number of methoxy groups -OCH3 is 1. The molecular weight excluding hydrogens is 233 g/mol. The Morgan fingerprint density at radius 1 is 1.33 bits per heavy atom. The molecule has 0 atom stereocenters. The minimum absolute atomic E-state index is 0.276. The molecule has 0 aliphatic carbocycles. The number of hydrogen-bond acceptors (Lipinski definition) is 3. The van der Waals surface area contributed by atoms with Crippen molar-refractivity contribution < 1.29 is 13.9 Å². The van der Waals surface area contributed by atoms with Crippen molar-refractivity contribution in [2.75, 3.05) is 26.8 Å². The van der Waals surface area contributed by atoms with Crippen LogP contribution in [-0.2, 0) is 11.3 Å². The predicted molar refractivity (Wildman–Crippen MR) is 68.2 cm³/mol. The summed E-state index contributed by atoms with van der Waals surface area (Å²) in [6.45, 7) is 3.13. The summed E-state index contributed by atoms with van der Waals surface area (Å²) in [6.07, 6.45) is 2.28. The molecule has 0 saturated carbocycles. The van der Waals surface area contributed by atoms with E-state index in [0.717, 1.165) is 25.9 Å². The summed E-state index contributed by atoms with van der Waals surface area (Å²) in [4.78, 5) is 0. The fourth-order valence-corrected chi connectivity index (χ4v) is 2.21. The highest BCUT2D eigenvalue weighted by Gasteiger charge is 2.14. The van der Waals surface area contributed by atoms with Gasteiger partial charge >= 0.3 is 0 Å². The van der Waals surface area contributed by atoms with Gasteiger partial charge in [0.1, 0.15) is 0 Å². The second-order valence-electron chi connectivity index (χ2n) is 4.64. The summed E-state index contributed by atoms with van der Waals surface area (Å²) >= 11 is 0. The fraction of sp³-hybridized carbons (Fsp3) is 0.571. The predicted octanol–water partition coefficient (Wildman–Crippen LogP) is 2.35. The van der Waals surface area contributed by atoms with E-state index in [4.69, 9.17) is 9.47 Å². The van der Waals surface area contributed by atoms with Crippen molar-refractivity contribution in [3.8, 4) is 5.75 Å². The van der Waals surface area contributed by atoms with Crippen molar-refractivity contribution in [1.82, 2.24) is 5.32 Å². The number of halogens is 1. The lowest BCUT2D eigenvalue weighted by Gasteiger charge is -2.22. The topological polar surface area (TPSA) is 30.5 Å². The molecule has 0 amide bonds. The van der Waals surface area contributed by atoms with Crippen LogP contribution in [0.1, 0.15) is 18.4 Å². The van der Waals surface area contributed by atoms with E-state index in [1.54, 1.807) is 18.2 Å². The Morgan fingerprint density at radius 2 is 2.11 bits per heavy atom. The molecule has 1 aromatic carbocycles.